The Hall–Kier alpha value is -0.450. The second kappa shape index (κ2) is 5.25. The number of benzene rings is 1. The van der Waals surface area contributed by atoms with Crippen LogP contribution in [0.4, 0.5) is 0 Å². The van der Waals surface area contributed by atoms with E-state index in [1.807, 2.05) is 6.07 Å². The fourth-order valence-electron chi connectivity index (χ4n) is 1.55. The topological polar surface area (TPSA) is 24.9 Å². The van der Waals surface area contributed by atoms with Gasteiger partial charge in [-0.3, -0.25) is 0 Å². The Balaban J connectivity index is 2.25. The smallest absolute Gasteiger partial charge is 0.111 e. The molecule has 1 aromatic carbocycles. The van der Waals surface area contributed by atoms with E-state index >= 15 is 0 Å². The van der Waals surface area contributed by atoms with Crippen molar-refractivity contribution < 1.29 is 0 Å². The first-order valence-corrected chi connectivity index (χ1v) is 7.11. The summed E-state index contributed by atoms with van der Waals surface area (Å²) in [5.74, 6) is 0. The van der Waals surface area contributed by atoms with Crippen LogP contribution in [-0.2, 0) is 0 Å². The van der Waals surface area contributed by atoms with Gasteiger partial charge in [-0.15, -0.1) is 11.3 Å². The van der Waals surface area contributed by atoms with Crippen LogP contribution in [0.5, 0.6) is 0 Å². The normalized spacial score (nSPS) is 13.2. The van der Waals surface area contributed by atoms with Crippen molar-refractivity contribution in [1.82, 2.24) is 10.3 Å². The summed E-state index contributed by atoms with van der Waals surface area (Å²) >= 11 is 5.25. The van der Waals surface area contributed by atoms with Gasteiger partial charge in [-0.25, -0.2) is 4.98 Å². The second-order valence-corrected chi connectivity index (χ2v) is 5.82. The van der Waals surface area contributed by atoms with Crippen molar-refractivity contribution in [3.63, 3.8) is 0 Å². The van der Waals surface area contributed by atoms with Gasteiger partial charge in [-0.2, -0.15) is 0 Å². The monoisotopic (exact) mass is 298 g/mol. The van der Waals surface area contributed by atoms with Crippen LogP contribution >= 0.6 is 27.3 Å². The van der Waals surface area contributed by atoms with Crippen LogP contribution in [0.15, 0.2) is 22.7 Å². The van der Waals surface area contributed by atoms with Gasteiger partial charge in [0.25, 0.3) is 0 Å². The second-order valence-electron chi connectivity index (χ2n) is 3.84. The van der Waals surface area contributed by atoms with Gasteiger partial charge in [-0.1, -0.05) is 22.9 Å². The number of aromatic nitrogens is 1. The van der Waals surface area contributed by atoms with Crippen molar-refractivity contribution in [2.75, 3.05) is 6.54 Å². The van der Waals surface area contributed by atoms with E-state index in [1.54, 1.807) is 11.3 Å². The number of thiazole rings is 1. The summed E-state index contributed by atoms with van der Waals surface area (Å²) in [5, 5.41) is 4.63. The van der Waals surface area contributed by atoms with E-state index in [0.717, 1.165) is 23.0 Å². The molecule has 0 aliphatic carbocycles. The minimum absolute atomic E-state index is 0.344. The van der Waals surface area contributed by atoms with Crippen LogP contribution in [0.1, 0.15) is 31.3 Å². The number of hydrogen-bond acceptors (Lipinski definition) is 3. The highest BCUT2D eigenvalue weighted by Crippen LogP contribution is 2.28. The molecule has 86 valence electrons. The summed E-state index contributed by atoms with van der Waals surface area (Å²) in [4.78, 5) is 4.64. The van der Waals surface area contributed by atoms with Crippen LogP contribution in [0.2, 0.25) is 0 Å². The van der Waals surface area contributed by atoms with Crippen molar-refractivity contribution in [3.8, 4) is 0 Å². The number of hydrogen-bond donors (Lipinski definition) is 1. The Morgan fingerprint density at radius 2 is 2.31 bits per heavy atom. The molecule has 0 saturated heterocycles. The van der Waals surface area contributed by atoms with E-state index in [-0.39, 0.29) is 0 Å². The van der Waals surface area contributed by atoms with Gasteiger partial charge in [0.2, 0.25) is 0 Å². The number of rotatable bonds is 4. The number of halogens is 1. The Morgan fingerprint density at radius 1 is 1.50 bits per heavy atom. The third-order valence-corrected chi connectivity index (χ3v) is 4.13. The fraction of sp³-hybridized carbons (Fsp3) is 0.417. The molecule has 0 saturated carbocycles. The predicted octanol–water partition coefficient (Wildman–Crippen LogP) is 4.12. The van der Waals surface area contributed by atoms with Crippen LogP contribution in [0, 0.1) is 0 Å². The van der Waals surface area contributed by atoms with Gasteiger partial charge >= 0.3 is 0 Å². The summed E-state index contributed by atoms with van der Waals surface area (Å²) in [6.07, 6.45) is 1.15. The summed E-state index contributed by atoms with van der Waals surface area (Å²) in [6, 6.07) is 6.57. The zero-order valence-corrected chi connectivity index (χ0v) is 11.9. The molecule has 0 bridgehead atoms. The zero-order valence-electron chi connectivity index (χ0n) is 9.46. The van der Waals surface area contributed by atoms with Crippen molar-refractivity contribution in [2.24, 2.45) is 0 Å². The number of nitrogens with zero attached hydrogens (tertiary/aromatic N) is 1. The van der Waals surface area contributed by atoms with E-state index in [0.29, 0.717) is 6.04 Å². The fourth-order valence-corrected chi connectivity index (χ4v) is 3.10. The van der Waals surface area contributed by atoms with Crippen molar-refractivity contribution in [3.05, 3.63) is 27.7 Å². The van der Waals surface area contributed by atoms with E-state index < -0.39 is 0 Å². The molecule has 2 rings (SSSR count). The quantitative estimate of drug-likeness (QED) is 0.918. The zero-order chi connectivity index (χ0) is 11.5. The van der Waals surface area contributed by atoms with Crippen LogP contribution in [0.3, 0.4) is 0 Å². The molecule has 0 fully saturated rings. The average molecular weight is 299 g/mol. The van der Waals surface area contributed by atoms with Crippen molar-refractivity contribution in [2.45, 2.75) is 26.3 Å². The molecule has 2 nitrogen and oxygen atoms in total. The summed E-state index contributed by atoms with van der Waals surface area (Å²) < 4.78 is 2.36. The Labute approximate surface area is 108 Å². The summed E-state index contributed by atoms with van der Waals surface area (Å²) in [7, 11) is 0. The predicted molar refractivity (Wildman–Crippen MR) is 74.0 cm³/mol. The minimum atomic E-state index is 0.344. The van der Waals surface area contributed by atoms with E-state index in [9.17, 15) is 0 Å². The van der Waals surface area contributed by atoms with E-state index in [4.69, 9.17) is 0 Å². The summed E-state index contributed by atoms with van der Waals surface area (Å²) in [5.41, 5.74) is 1.09. The first-order chi connectivity index (χ1) is 7.70. The molecule has 1 aromatic heterocycles. The Bertz CT molecular complexity index is 481. The number of fused-ring (bicyclic) bond motifs is 1. The van der Waals surface area contributed by atoms with E-state index in [1.165, 1.54) is 9.71 Å². The highest BCUT2D eigenvalue weighted by atomic mass is 79.9. The lowest BCUT2D eigenvalue weighted by Gasteiger charge is -2.08. The average Bonchev–Trinajstić information content (AvgIpc) is 2.68. The highest BCUT2D eigenvalue weighted by molar-refractivity contribution is 9.10. The molecule has 1 N–H and O–H groups in total. The van der Waals surface area contributed by atoms with Crippen molar-refractivity contribution >= 4 is 37.5 Å². The lowest BCUT2D eigenvalue weighted by Crippen LogP contribution is -2.18. The van der Waals surface area contributed by atoms with Crippen LogP contribution in [0.25, 0.3) is 10.2 Å². The van der Waals surface area contributed by atoms with Crippen LogP contribution in [-0.4, -0.2) is 11.5 Å². The lowest BCUT2D eigenvalue weighted by molar-refractivity contribution is 0.569. The Morgan fingerprint density at radius 3 is 3.06 bits per heavy atom. The molecule has 0 aliphatic heterocycles. The molecule has 4 heteroatoms. The molecular formula is C12H15BrN2S. The number of nitrogens with one attached hydrogen (secondary N) is 1. The summed E-state index contributed by atoms with van der Waals surface area (Å²) in [6.45, 7) is 5.39. The molecule has 1 unspecified atom stereocenters. The highest BCUT2D eigenvalue weighted by Gasteiger charge is 2.10. The third-order valence-electron chi connectivity index (χ3n) is 2.44. The molecule has 0 aliphatic rings. The van der Waals surface area contributed by atoms with Crippen LogP contribution < -0.4 is 5.32 Å². The molecule has 0 spiro atoms. The van der Waals surface area contributed by atoms with Gasteiger partial charge in [0.1, 0.15) is 5.01 Å². The molecular weight excluding hydrogens is 284 g/mol. The Kier molecular flexibility index (Phi) is 3.95. The van der Waals surface area contributed by atoms with Crippen molar-refractivity contribution in [1.29, 1.82) is 0 Å². The molecule has 1 atom stereocenters. The maximum atomic E-state index is 4.64. The van der Waals surface area contributed by atoms with Gasteiger partial charge in [0.15, 0.2) is 0 Å². The maximum Gasteiger partial charge on any atom is 0.111 e. The van der Waals surface area contributed by atoms with Gasteiger partial charge in [-0.05, 0) is 38.1 Å². The van der Waals surface area contributed by atoms with Gasteiger partial charge in [0.05, 0.1) is 16.3 Å². The van der Waals surface area contributed by atoms with E-state index in [2.05, 4.69) is 52.2 Å². The standard InChI is InChI=1S/C12H15BrN2S/c1-3-6-14-8(2)12-15-10-5-4-9(13)7-11(10)16-12/h4-5,7-8,14H,3,6H2,1-2H3. The SMILES string of the molecule is CCCNC(C)c1nc2ccc(Br)cc2s1. The molecule has 16 heavy (non-hydrogen) atoms. The largest absolute Gasteiger partial charge is 0.308 e. The minimum Gasteiger partial charge on any atom is -0.308 e. The first-order valence-electron chi connectivity index (χ1n) is 5.50. The van der Waals surface area contributed by atoms with Gasteiger partial charge < -0.3 is 5.32 Å². The molecule has 0 radical (unpaired) electrons. The molecule has 1 heterocycles. The van der Waals surface area contributed by atoms with Gasteiger partial charge in [0, 0.05) is 4.47 Å². The maximum absolute atomic E-state index is 4.64. The molecule has 0 amide bonds. The third kappa shape index (κ3) is 2.62. The lowest BCUT2D eigenvalue weighted by atomic mass is 10.3. The first kappa shape index (κ1) is 12.0. The molecule has 2 aromatic rings.